The predicted molar refractivity (Wildman–Crippen MR) is 82.6 cm³/mol. The Balaban J connectivity index is 2.44. The van der Waals surface area contributed by atoms with Crippen LogP contribution in [0.15, 0.2) is 41.3 Å². The molecule has 21 heavy (non-hydrogen) atoms. The lowest BCUT2D eigenvalue weighted by atomic mass is 10.0. The van der Waals surface area contributed by atoms with E-state index in [4.69, 9.17) is 0 Å². The third kappa shape index (κ3) is 3.61. The van der Waals surface area contributed by atoms with E-state index in [1.54, 1.807) is 24.3 Å². The molecule has 0 aromatic heterocycles. The highest BCUT2D eigenvalue weighted by atomic mass is 32.1. The van der Waals surface area contributed by atoms with Gasteiger partial charge in [-0.1, -0.05) is 25.1 Å². The van der Waals surface area contributed by atoms with Crippen molar-refractivity contribution in [3.05, 3.63) is 48.0 Å². The van der Waals surface area contributed by atoms with Gasteiger partial charge in [-0.3, -0.25) is 4.79 Å². The van der Waals surface area contributed by atoms with E-state index in [-0.39, 0.29) is 23.6 Å². The van der Waals surface area contributed by atoms with Crippen molar-refractivity contribution in [3.8, 4) is 11.1 Å². The van der Waals surface area contributed by atoms with E-state index < -0.39 is 11.6 Å². The number of hydrogen-bond donors (Lipinski definition) is 2. The molecule has 1 amide bonds. The van der Waals surface area contributed by atoms with Crippen LogP contribution in [0.3, 0.4) is 0 Å². The van der Waals surface area contributed by atoms with Crippen molar-refractivity contribution >= 4 is 24.2 Å². The molecule has 2 nitrogen and oxygen atoms in total. The van der Waals surface area contributed by atoms with Crippen molar-refractivity contribution < 1.29 is 13.6 Å². The van der Waals surface area contributed by atoms with Gasteiger partial charge in [-0.25, -0.2) is 8.78 Å². The largest absolute Gasteiger partial charge is 0.324 e. The van der Waals surface area contributed by atoms with Gasteiger partial charge in [0.2, 0.25) is 5.91 Å². The number of halogens is 2. The van der Waals surface area contributed by atoms with E-state index in [0.717, 1.165) is 6.07 Å². The molecule has 0 bridgehead atoms. The third-order valence-corrected chi connectivity index (χ3v) is 3.39. The Hall–Kier alpha value is -1.88. The number of benzene rings is 2. The molecule has 0 saturated carbocycles. The first-order chi connectivity index (χ1) is 10.0. The Kier molecular flexibility index (Phi) is 4.96. The van der Waals surface area contributed by atoms with Crippen LogP contribution >= 0.6 is 12.6 Å². The molecule has 0 saturated heterocycles. The monoisotopic (exact) mass is 307 g/mol. The minimum Gasteiger partial charge on any atom is -0.324 e. The smallest absolute Gasteiger partial charge is 0.224 e. The number of hydrogen-bond acceptors (Lipinski definition) is 2. The SMILES string of the molecule is CCCC(=O)Nc1cc(-c2ccccc2S)c(F)cc1F. The lowest BCUT2D eigenvalue weighted by Gasteiger charge is -2.11. The van der Waals surface area contributed by atoms with Crippen LogP contribution in [0, 0.1) is 11.6 Å². The molecule has 2 aromatic rings. The van der Waals surface area contributed by atoms with Crippen molar-refractivity contribution in [1.82, 2.24) is 0 Å². The molecule has 0 unspecified atom stereocenters. The summed E-state index contributed by atoms with van der Waals surface area (Å²) in [5, 5.41) is 2.46. The fraction of sp³-hybridized carbons (Fsp3) is 0.188. The van der Waals surface area contributed by atoms with E-state index in [0.29, 0.717) is 16.9 Å². The third-order valence-electron chi connectivity index (χ3n) is 3.00. The average Bonchev–Trinajstić information content (AvgIpc) is 2.43. The zero-order chi connectivity index (χ0) is 15.4. The molecule has 2 rings (SSSR count). The molecular weight excluding hydrogens is 292 g/mol. The normalized spacial score (nSPS) is 10.5. The second-order valence-electron chi connectivity index (χ2n) is 4.63. The molecule has 2 aromatic carbocycles. The first kappa shape index (κ1) is 15.5. The summed E-state index contributed by atoms with van der Waals surface area (Å²) in [6.07, 6.45) is 0.941. The Morgan fingerprint density at radius 3 is 2.52 bits per heavy atom. The van der Waals surface area contributed by atoms with Gasteiger partial charge in [-0.05, 0) is 24.1 Å². The number of nitrogens with one attached hydrogen (secondary N) is 1. The van der Waals surface area contributed by atoms with Gasteiger partial charge in [0.15, 0.2) is 0 Å². The molecule has 0 radical (unpaired) electrons. The summed E-state index contributed by atoms with van der Waals surface area (Å²) in [5.74, 6) is -1.78. The van der Waals surface area contributed by atoms with Crippen LogP contribution in [-0.4, -0.2) is 5.91 Å². The van der Waals surface area contributed by atoms with Crippen molar-refractivity contribution in [2.75, 3.05) is 5.32 Å². The van der Waals surface area contributed by atoms with Crippen LogP contribution < -0.4 is 5.32 Å². The molecule has 0 atom stereocenters. The average molecular weight is 307 g/mol. The number of rotatable bonds is 4. The Labute approximate surface area is 127 Å². The van der Waals surface area contributed by atoms with E-state index in [1.165, 1.54) is 6.07 Å². The standard InChI is InChI=1S/C16H15F2NOS/c1-2-5-16(20)19-14-8-11(12(17)9-13(14)18)10-6-3-4-7-15(10)21/h3-4,6-9,21H,2,5H2,1H3,(H,19,20). The molecular formula is C16H15F2NOS. The highest BCUT2D eigenvalue weighted by molar-refractivity contribution is 7.80. The molecule has 0 aliphatic rings. The van der Waals surface area contributed by atoms with Gasteiger partial charge < -0.3 is 5.32 Å². The fourth-order valence-corrected chi connectivity index (χ4v) is 2.27. The van der Waals surface area contributed by atoms with Crippen molar-refractivity contribution in [1.29, 1.82) is 0 Å². The van der Waals surface area contributed by atoms with E-state index in [9.17, 15) is 13.6 Å². The summed E-state index contributed by atoms with van der Waals surface area (Å²) >= 11 is 4.27. The van der Waals surface area contributed by atoms with E-state index in [2.05, 4.69) is 17.9 Å². The van der Waals surface area contributed by atoms with Crippen LogP contribution in [0.25, 0.3) is 11.1 Å². The Morgan fingerprint density at radius 1 is 1.14 bits per heavy atom. The molecule has 0 aliphatic carbocycles. The van der Waals surface area contributed by atoms with Crippen LogP contribution in [-0.2, 0) is 4.79 Å². The second-order valence-corrected chi connectivity index (χ2v) is 5.11. The summed E-state index contributed by atoms with van der Waals surface area (Å²) in [5.41, 5.74) is 0.722. The maximum atomic E-state index is 14.0. The summed E-state index contributed by atoms with van der Waals surface area (Å²) in [6.45, 7) is 1.85. The quantitative estimate of drug-likeness (QED) is 0.790. The second kappa shape index (κ2) is 6.72. The maximum Gasteiger partial charge on any atom is 0.224 e. The highest BCUT2D eigenvalue weighted by Crippen LogP contribution is 2.32. The molecule has 110 valence electrons. The lowest BCUT2D eigenvalue weighted by Crippen LogP contribution is -2.12. The van der Waals surface area contributed by atoms with Crippen molar-refractivity contribution in [2.24, 2.45) is 0 Å². The van der Waals surface area contributed by atoms with Gasteiger partial charge in [-0.15, -0.1) is 12.6 Å². The number of amides is 1. The minimum atomic E-state index is -0.794. The lowest BCUT2D eigenvalue weighted by molar-refractivity contribution is -0.116. The van der Waals surface area contributed by atoms with E-state index >= 15 is 0 Å². The Morgan fingerprint density at radius 2 is 1.86 bits per heavy atom. The molecule has 0 spiro atoms. The molecule has 0 aliphatic heterocycles. The summed E-state index contributed by atoms with van der Waals surface area (Å²) in [4.78, 5) is 12.2. The van der Waals surface area contributed by atoms with Gasteiger partial charge in [0.1, 0.15) is 11.6 Å². The van der Waals surface area contributed by atoms with Crippen molar-refractivity contribution in [2.45, 2.75) is 24.7 Å². The van der Waals surface area contributed by atoms with Crippen LogP contribution in [0.5, 0.6) is 0 Å². The van der Waals surface area contributed by atoms with Gasteiger partial charge in [-0.2, -0.15) is 0 Å². The summed E-state index contributed by atoms with van der Waals surface area (Å²) < 4.78 is 27.8. The highest BCUT2D eigenvalue weighted by Gasteiger charge is 2.14. The predicted octanol–water partition coefficient (Wildman–Crippen LogP) is 4.66. The van der Waals surface area contributed by atoms with Crippen LogP contribution in [0.4, 0.5) is 14.5 Å². The van der Waals surface area contributed by atoms with Crippen LogP contribution in [0.2, 0.25) is 0 Å². The minimum absolute atomic E-state index is 0.0264. The first-order valence-corrected chi connectivity index (χ1v) is 7.05. The molecule has 0 heterocycles. The fourth-order valence-electron chi connectivity index (χ4n) is 1.99. The van der Waals surface area contributed by atoms with E-state index in [1.807, 2.05) is 6.92 Å². The van der Waals surface area contributed by atoms with Gasteiger partial charge in [0.05, 0.1) is 5.69 Å². The van der Waals surface area contributed by atoms with Gasteiger partial charge in [0, 0.05) is 22.9 Å². The van der Waals surface area contributed by atoms with Crippen molar-refractivity contribution in [3.63, 3.8) is 0 Å². The molecule has 5 heteroatoms. The summed E-state index contributed by atoms with van der Waals surface area (Å²) in [6, 6.07) is 9.00. The zero-order valence-corrected chi connectivity index (χ0v) is 12.4. The number of carbonyl (C=O) groups excluding carboxylic acids is 1. The molecule has 1 N–H and O–H groups in total. The number of anilines is 1. The number of carbonyl (C=O) groups is 1. The molecule has 0 fully saturated rings. The number of thiol groups is 1. The summed E-state index contributed by atoms with van der Waals surface area (Å²) in [7, 11) is 0. The first-order valence-electron chi connectivity index (χ1n) is 6.60. The van der Waals surface area contributed by atoms with Gasteiger partial charge in [0.25, 0.3) is 0 Å². The Bertz CT molecular complexity index is 673. The van der Waals surface area contributed by atoms with Gasteiger partial charge >= 0.3 is 0 Å². The zero-order valence-electron chi connectivity index (χ0n) is 11.5. The maximum absolute atomic E-state index is 14.0. The van der Waals surface area contributed by atoms with Crippen LogP contribution in [0.1, 0.15) is 19.8 Å². The topological polar surface area (TPSA) is 29.1 Å².